The van der Waals surface area contributed by atoms with Crippen molar-refractivity contribution in [2.45, 2.75) is 25.3 Å². The van der Waals surface area contributed by atoms with E-state index in [9.17, 15) is 4.79 Å². The number of hydrogen-bond donors (Lipinski definition) is 2. The number of carbonyl (C=O) groups is 1. The Kier molecular flexibility index (Phi) is 3.95. The Morgan fingerprint density at radius 3 is 2.21 bits per heavy atom. The average Bonchev–Trinajstić information content (AvgIpc) is 3.22. The number of primary amides is 1. The number of nitrogens with two attached hydrogens (primary N) is 2. The molecule has 104 valence electrons. The van der Waals surface area contributed by atoms with E-state index in [-0.39, 0.29) is 12.5 Å². The molecular weight excluding hydrogens is 244 g/mol. The second kappa shape index (κ2) is 5.48. The zero-order valence-corrected chi connectivity index (χ0v) is 11.1. The zero-order valence-electron chi connectivity index (χ0n) is 11.1. The molecule has 0 bridgehead atoms. The smallest absolute Gasteiger partial charge is 0.241 e. The van der Waals surface area contributed by atoms with Crippen LogP contribution in [0.15, 0.2) is 24.3 Å². The largest absolute Gasteiger partial charge is 0.494 e. The minimum absolute atomic E-state index is 0.112. The highest BCUT2D eigenvalue weighted by Gasteiger charge is 2.47. The molecule has 0 aromatic heterocycles. The van der Waals surface area contributed by atoms with Gasteiger partial charge in [-0.3, -0.25) is 4.79 Å². The summed E-state index contributed by atoms with van der Waals surface area (Å²) >= 11 is 0. The molecule has 19 heavy (non-hydrogen) atoms. The average molecular weight is 264 g/mol. The predicted molar refractivity (Wildman–Crippen MR) is 71.9 cm³/mol. The molecule has 1 atom stereocenters. The maximum absolute atomic E-state index is 11.5. The molecule has 1 aliphatic rings. The lowest BCUT2D eigenvalue weighted by atomic mass is 9.95. The Hall–Kier alpha value is -1.75. The molecule has 2 rings (SSSR count). The van der Waals surface area contributed by atoms with Crippen molar-refractivity contribution in [2.24, 2.45) is 17.4 Å². The first-order valence-electron chi connectivity index (χ1n) is 6.50. The van der Waals surface area contributed by atoms with Gasteiger partial charge in [-0.15, -0.1) is 0 Å². The van der Waals surface area contributed by atoms with Crippen molar-refractivity contribution in [1.29, 1.82) is 0 Å². The number of rotatable bonds is 7. The summed E-state index contributed by atoms with van der Waals surface area (Å²) in [6, 6.07) is 7.22. The van der Waals surface area contributed by atoms with Gasteiger partial charge in [-0.1, -0.05) is 0 Å². The van der Waals surface area contributed by atoms with Crippen LogP contribution in [0.1, 0.15) is 19.8 Å². The van der Waals surface area contributed by atoms with Crippen molar-refractivity contribution in [1.82, 2.24) is 0 Å². The van der Waals surface area contributed by atoms with E-state index in [0.717, 1.165) is 18.6 Å². The van der Waals surface area contributed by atoms with E-state index < -0.39 is 11.4 Å². The monoisotopic (exact) mass is 264 g/mol. The first-order chi connectivity index (χ1) is 9.06. The molecular formula is C14H20N2O3. The molecule has 0 radical (unpaired) electrons. The molecule has 0 spiro atoms. The van der Waals surface area contributed by atoms with Crippen LogP contribution >= 0.6 is 0 Å². The van der Waals surface area contributed by atoms with Gasteiger partial charge < -0.3 is 20.9 Å². The molecule has 0 aliphatic heterocycles. The second-order valence-electron chi connectivity index (χ2n) is 4.87. The molecule has 1 aromatic carbocycles. The Balaban J connectivity index is 1.95. The van der Waals surface area contributed by atoms with Crippen molar-refractivity contribution in [2.75, 3.05) is 13.2 Å². The SMILES string of the molecule is CCOc1ccc(OCC(N)(C(N)=O)C2CC2)cc1. The number of hydrogen-bond acceptors (Lipinski definition) is 4. The lowest BCUT2D eigenvalue weighted by Crippen LogP contribution is -2.58. The number of carbonyl (C=O) groups excluding carboxylic acids is 1. The summed E-state index contributed by atoms with van der Waals surface area (Å²) in [5.41, 5.74) is 10.4. The fourth-order valence-electron chi connectivity index (χ4n) is 1.99. The van der Waals surface area contributed by atoms with Crippen LogP contribution in [0.3, 0.4) is 0 Å². The molecule has 4 N–H and O–H groups in total. The van der Waals surface area contributed by atoms with E-state index in [1.54, 1.807) is 12.1 Å². The summed E-state index contributed by atoms with van der Waals surface area (Å²) < 4.78 is 10.9. The summed E-state index contributed by atoms with van der Waals surface area (Å²) in [5, 5.41) is 0. The maximum Gasteiger partial charge on any atom is 0.241 e. The maximum atomic E-state index is 11.5. The third kappa shape index (κ3) is 3.17. The first kappa shape index (κ1) is 13.7. The molecule has 0 heterocycles. The lowest BCUT2D eigenvalue weighted by molar-refractivity contribution is -0.125. The highest BCUT2D eigenvalue weighted by atomic mass is 16.5. The molecule has 5 heteroatoms. The van der Waals surface area contributed by atoms with E-state index in [2.05, 4.69) is 0 Å². The van der Waals surface area contributed by atoms with Crippen molar-refractivity contribution < 1.29 is 14.3 Å². The highest BCUT2D eigenvalue weighted by Crippen LogP contribution is 2.38. The lowest BCUT2D eigenvalue weighted by Gasteiger charge is -2.25. The van der Waals surface area contributed by atoms with E-state index in [0.29, 0.717) is 12.4 Å². The Morgan fingerprint density at radius 2 is 1.79 bits per heavy atom. The van der Waals surface area contributed by atoms with Crippen LogP contribution in [-0.4, -0.2) is 24.7 Å². The molecule has 0 saturated heterocycles. The van der Waals surface area contributed by atoms with E-state index >= 15 is 0 Å². The van der Waals surface area contributed by atoms with Gasteiger partial charge in [-0.05, 0) is 49.9 Å². The van der Waals surface area contributed by atoms with Gasteiger partial charge in [-0.25, -0.2) is 0 Å². The molecule has 1 amide bonds. The van der Waals surface area contributed by atoms with Gasteiger partial charge in [0.05, 0.1) is 6.61 Å². The van der Waals surface area contributed by atoms with Gasteiger partial charge in [0.1, 0.15) is 23.6 Å². The topological polar surface area (TPSA) is 87.6 Å². The normalized spacial score (nSPS) is 17.6. The summed E-state index contributed by atoms with van der Waals surface area (Å²) in [6.45, 7) is 2.66. The molecule has 1 unspecified atom stereocenters. The van der Waals surface area contributed by atoms with Crippen molar-refractivity contribution in [3.8, 4) is 11.5 Å². The molecule has 1 fully saturated rings. The fourth-order valence-corrected chi connectivity index (χ4v) is 1.99. The Labute approximate surface area is 112 Å². The van der Waals surface area contributed by atoms with E-state index in [4.69, 9.17) is 20.9 Å². The van der Waals surface area contributed by atoms with Crippen LogP contribution in [0.2, 0.25) is 0 Å². The Morgan fingerprint density at radius 1 is 1.26 bits per heavy atom. The van der Waals surface area contributed by atoms with Crippen LogP contribution in [0, 0.1) is 5.92 Å². The second-order valence-corrected chi connectivity index (χ2v) is 4.87. The van der Waals surface area contributed by atoms with Crippen molar-refractivity contribution >= 4 is 5.91 Å². The predicted octanol–water partition coefficient (Wildman–Crippen LogP) is 1.06. The number of ether oxygens (including phenoxy) is 2. The minimum Gasteiger partial charge on any atom is -0.494 e. The first-order valence-corrected chi connectivity index (χ1v) is 6.50. The van der Waals surface area contributed by atoms with Gasteiger partial charge in [-0.2, -0.15) is 0 Å². The van der Waals surface area contributed by atoms with Gasteiger partial charge in [0, 0.05) is 0 Å². The van der Waals surface area contributed by atoms with Crippen LogP contribution < -0.4 is 20.9 Å². The van der Waals surface area contributed by atoms with Crippen LogP contribution in [0.4, 0.5) is 0 Å². The van der Waals surface area contributed by atoms with E-state index in [1.165, 1.54) is 0 Å². The summed E-state index contributed by atoms with van der Waals surface area (Å²) in [6.07, 6.45) is 1.87. The Bertz CT molecular complexity index is 443. The number of amides is 1. The van der Waals surface area contributed by atoms with Gasteiger partial charge >= 0.3 is 0 Å². The fraction of sp³-hybridized carbons (Fsp3) is 0.500. The molecule has 5 nitrogen and oxygen atoms in total. The van der Waals surface area contributed by atoms with Gasteiger partial charge in [0.25, 0.3) is 0 Å². The van der Waals surface area contributed by atoms with Crippen LogP contribution in [0.5, 0.6) is 11.5 Å². The quantitative estimate of drug-likeness (QED) is 0.770. The van der Waals surface area contributed by atoms with Crippen molar-refractivity contribution in [3.63, 3.8) is 0 Å². The summed E-state index contributed by atoms with van der Waals surface area (Å²) in [7, 11) is 0. The standard InChI is InChI=1S/C14H20N2O3/c1-2-18-11-5-7-12(8-6-11)19-9-14(16,13(15)17)10-3-4-10/h5-8,10H,2-4,9,16H2,1H3,(H2,15,17). The van der Waals surface area contributed by atoms with Crippen LogP contribution in [0.25, 0.3) is 0 Å². The number of benzene rings is 1. The van der Waals surface area contributed by atoms with Gasteiger partial charge in [0.2, 0.25) is 5.91 Å². The molecule has 1 aliphatic carbocycles. The zero-order chi connectivity index (χ0) is 13.9. The summed E-state index contributed by atoms with van der Waals surface area (Å²) in [4.78, 5) is 11.5. The molecule has 1 aromatic rings. The van der Waals surface area contributed by atoms with Crippen LogP contribution in [-0.2, 0) is 4.79 Å². The summed E-state index contributed by atoms with van der Waals surface area (Å²) in [5.74, 6) is 1.08. The third-order valence-electron chi connectivity index (χ3n) is 3.38. The minimum atomic E-state index is -1.06. The van der Waals surface area contributed by atoms with Gasteiger partial charge in [0.15, 0.2) is 0 Å². The van der Waals surface area contributed by atoms with E-state index in [1.807, 2.05) is 19.1 Å². The van der Waals surface area contributed by atoms with Crippen molar-refractivity contribution in [3.05, 3.63) is 24.3 Å². The highest BCUT2D eigenvalue weighted by molar-refractivity contribution is 5.85. The third-order valence-corrected chi connectivity index (χ3v) is 3.38. The molecule has 1 saturated carbocycles.